The second-order valence-electron chi connectivity index (χ2n) is 8.07. The Balaban J connectivity index is 1.61. The van der Waals surface area contributed by atoms with E-state index in [9.17, 15) is 4.79 Å². The van der Waals surface area contributed by atoms with E-state index in [0.29, 0.717) is 31.7 Å². The van der Waals surface area contributed by atoms with Crippen LogP contribution in [0.5, 0.6) is 5.88 Å². The van der Waals surface area contributed by atoms with Gasteiger partial charge in [0.15, 0.2) is 0 Å². The number of nitrogens with zero attached hydrogens (tertiary/aromatic N) is 3. The standard InChI is InChI=1S/C22H32N4O4/c1-15(26(17-6-7-17)22(27)20-14-23-9-12-30-20)16-5-8-18-19(13-16)25(10-4-11-28-2)24-21(18)29-3/h5,8,13,15,17,20,23H,4,6-7,9-12,14H2,1-3H3/t15-,20-/m1/s1. The first kappa shape index (κ1) is 21.1. The highest BCUT2D eigenvalue weighted by atomic mass is 16.5. The van der Waals surface area contributed by atoms with E-state index in [1.54, 1.807) is 14.2 Å². The van der Waals surface area contributed by atoms with E-state index in [1.807, 2.05) is 15.6 Å². The molecule has 4 rings (SSSR count). The van der Waals surface area contributed by atoms with Gasteiger partial charge in [0.2, 0.25) is 5.88 Å². The van der Waals surface area contributed by atoms with E-state index in [2.05, 4.69) is 29.5 Å². The molecule has 0 bridgehead atoms. The second-order valence-corrected chi connectivity index (χ2v) is 8.07. The Bertz CT molecular complexity index is 873. The smallest absolute Gasteiger partial charge is 0.253 e. The van der Waals surface area contributed by atoms with Gasteiger partial charge in [-0.25, -0.2) is 0 Å². The molecule has 0 unspecified atom stereocenters. The molecule has 2 heterocycles. The van der Waals surface area contributed by atoms with Crippen molar-refractivity contribution in [3.05, 3.63) is 23.8 Å². The number of nitrogens with one attached hydrogen (secondary N) is 1. The minimum absolute atomic E-state index is 0.0340. The Kier molecular flexibility index (Phi) is 6.55. The van der Waals surface area contributed by atoms with Crippen LogP contribution in [-0.2, 0) is 20.8 Å². The summed E-state index contributed by atoms with van der Waals surface area (Å²) >= 11 is 0. The molecule has 2 aromatic rings. The van der Waals surface area contributed by atoms with Crippen LogP contribution < -0.4 is 10.1 Å². The lowest BCUT2D eigenvalue weighted by Gasteiger charge is -2.34. The van der Waals surface area contributed by atoms with Gasteiger partial charge in [-0.05, 0) is 43.9 Å². The van der Waals surface area contributed by atoms with Gasteiger partial charge in [0.1, 0.15) is 6.10 Å². The van der Waals surface area contributed by atoms with Crippen molar-refractivity contribution in [3.8, 4) is 5.88 Å². The van der Waals surface area contributed by atoms with Gasteiger partial charge in [0.25, 0.3) is 5.91 Å². The molecule has 2 aliphatic rings. The van der Waals surface area contributed by atoms with E-state index in [0.717, 1.165) is 48.8 Å². The molecule has 1 aliphatic heterocycles. The third kappa shape index (κ3) is 4.31. The quantitative estimate of drug-likeness (QED) is 0.631. The van der Waals surface area contributed by atoms with E-state index in [4.69, 9.17) is 14.2 Å². The largest absolute Gasteiger partial charge is 0.479 e. The second kappa shape index (κ2) is 9.32. The summed E-state index contributed by atoms with van der Waals surface area (Å²) in [6.45, 7) is 5.50. The number of hydrogen-bond acceptors (Lipinski definition) is 6. The van der Waals surface area contributed by atoms with Crippen molar-refractivity contribution in [1.29, 1.82) is 0 Å². The van der Waals surface area contributed by atoms with Gasteiger partial charge >= 0.3 is 0 Å². The zero-order valence-electron chi connectivity index (χ0n) is 18.1. The average molecular weight is 417 g/mol. The van der Waals surface area contributed by atoms with Crippen LogP contribution in [0.1, 0.15) is 37.8 Å². The Labute approximate surface area is 177 Å². The molecule has 164 valence electrons. The summed E-state index contributed by atoms with van der Waals surface area (Å²) in [4.78, 5) is 15.3. The predicted molar refractivity (Wildman–Crippen MR) is 114 cm³/mol. The molecular weight excluding hydrogens is 384 g/mol. The third-order valence-corrected chi connectivity index (χ3v) is 5.95. The van der Waals surface area contributed by atoms with Gasteiger partial charge < -0.3 is 24.4 Å². The maximum atomic E-state index is 13.3. The van der Waals surface area contributed by atoms with Crippen LogP contribution in [0.15, 0.2) is 18.2 Å². The molecule has 1 aromatic carbocycles. The van der Waals surface area contributed by atoms with Crippen molar-refractivity contribution in [2.45, 2.75) is 50.9 Å². The Morgan fingerprint density at radius 1 is 1.40 bits per heavy atom. The Hall–Kier alpha value is -2.16. The van der Waals surface area contributed by atoms with E-state index >= 15 is 0 Å². The number of morpholine rings is 1. The number of ether oxygens (including phenoxy) is 3. The zero-order chi connectivity index (χ0) is 21.1. The fourth-order valence-corrected chi connectivity index (χ4v) is 4.19. The van der Waals surface area contributed by atoms with Gasteiger partial charge in [0.05, 0.1) is 30.7 Å². The number of fused-ring (bicyclic) bond motifs is 1. The third-order valence-electron chi connectivity index (χ3n) is 5.95. The van der Waals surface area contributed by atoms with Crippen LogP contribution in [-0.4, -0.2) is 73.3 Å². The zero-order valence-corrected chi connectivity index (χ0v) is 18.1. The first-order valence-corrected chi connectivity index (χ1v) is 10.8. The molecule has 1 saturated carbocycles. The van der Waals surface area contributed by atoms with Gasteiger partial charge in [-0.1, -0.05) is 6.07 Å². The van der Waals surface area contributed by atoms with Crippen LogP contribution >= 0.6 is 0 Å². The molecule has 1 aliphatic carbocycles. The molecule has 8 nitrogen and oxygen atoms in total. The summed E-state index contributed by atoms with van der Waals surface area (Å²) in [5, 5.41) is 8.86. The number of aromatic nitrogens is 2. The molecular formula is C22H32N4O4. The minimum atomic E-state index is -0.398. The summed E-state index contributed by atoms with van der Waals surface area (Å²) < 4.78 is 18.4. The number of amides is 1. The van der Waals surface area contributed by atoms with Crippen molar-refractivity contribution in [2.75, 3.05) is 40.5 Å². The van der Waals surface area contributed by atoms with Gasteiger partial charge in [-0.2, -0.15) is 0 Å². The number of carbonyl (C=O) groups is 1. The average Bonchev–Trinajstić information content (AvgIpc) is 3.55. The van der Waals surface area contributed by atoms with Crippen LogP contribution in [0.4, 0.5) is 0 Å². The topological polar surface area (TPSA) is 77.9 Å². The lowest BCUT2D eigenvalue weighted by molar-refractivity contribution is -0.148. The summed E-state index contributed by atoms with van der Waals surface area (Å²) in [7, 11) is 3.35. The van der Waals surface area contributed by atoms with Crippen LogP contribution in [0, 0.1) is 0 Å². The number of aryl methyl sites for hydroxylation is 1. The fraction of sp³-hybridized carbons (Fsp3) is 0.636. The van der Waals surface area contributed by atoms with Crippen LogP contribution in [0.2, 0.25) is 0 Å². The molecule has 30 heavy (non-hydrogen) atoms. The van der Waals surface area contributed by atoms with Gasteiger partial charge in [-0.3, -0.25) is 9.48 Å². The fourth-order valence-electron chi connectivity index (χ4n) is 4.19. The predicted octanol–water partition coefficient (Wildman–Crippen LogP) is 2.12. The maximum Gasteiger partial charge on any atom is 0.253 e. The van der Waals surface area contributed by atoms with Crippen LogP contribution in [0.3, 0.4) is 0 Å². The summed E-state index contributed by atoms with van der Waals surface area (Å²) in [6, 6.07) is 6.54. The van der Waals surface area contributed by atoms with Crippen molar-refractivity contribution in [3.63, 3.8) is 0 Å². The van der Waals surface area contributed by atoms with Gasteiger partial charge in [0, 0.05) is 39.4 Å². The van der Waals surface area contributed by atoms with Crippen molar-refractivity contribution in [1.82, 2.24) is 20.0 Å². The summed E-state index contributed by atoms with van der Waals surface area (Å²) in [6.07, 6.45) is 2.59. The van der Waals surface area contributed by atoms with E-state index in [1.165, 1.54) is 0 Å². The summed E-state index contributed by atoms with van der Waals surface area (Å²) in [5.74, 6) is 0.710. The highest BCUT2D eigenvalue weighted by Crippen LogP contribution is 2.37. The first-order chi connectivity index (χ1) is 14.6. The SMILES string of the molecule is COCCCn1nc(OC)c2ccc([C@@H](C)N(C(=O)[C@H]3CNCCO3)C3CC3)cc21. The molecule has 1 aromatic heterocycles. The maximum absolute atomic E-state index is 13.3. The van der Waals surface area contributed by atoms with Crippen molar-refractivity contribution >= 4 is 16.8 Å². The monoisotopic (exact) mass is 416 g/mol. The molecule has 8 heteroatoms. The van der Waals surface area contributed by atoms with E-state index < -0.39 is 6.10 Å². The molecule has 2 fully saturated rings. The first-order valence-electron chi connectivity index (χ1n) is 10.8. The number of carbonyl (C=O) groups excluding carboxylic acids is 1. The normalized spacial score (nSPS) is 20.3. The van der Waals surface area contributed by atoms with Crippen molar-refractivity contribution < 1.29 is 19.0 Å². The molecule has 0 radical (unpaired) electrons. The lowest BCUT2D eigenvalue weighted by atomic mass is 10.0. The van der Waals surface area contributed by atoms with E-state index in [-0.39, 0.29) is 11.9 Å². The highest BCUT2D eigenvalue weighted by molar-refractivity contribution is 5.86. The number of hydrogen-bond donors (Lipinski definition) is 1. The van der Waals surface area contributed by atoms with Crippen molar-refractivity contribution in [2.24, 2.45) is 0 Å². The minimum Gasteiger partial charge on any atom is -0.479 e. The van der Waals surface area contributed by atoms with Crippen LogP contribution in [0.25, 0.3) is 10.9 Å². The number of benzene rings is 1. The Morgan fingerprint density at radius 2 is 2.23 bits per heavy atom. The lowest BCUT2D eigenvalue weighted by Crippen LogP contribution is -2.50. The molecule has 0 spiro atoms. The molecule has 1 saturated heterocycles. The van der Waals surface area contributed by atoms with Gasteiger partial charge in [-0.15, -0.1) is 5.10 Å². The number of rotatable bonds is 9. The Morgan fingerprint density at radius 3 is 2.90 bits per heavy atom. The molecule has 2 atom stereocenters. The summed E-state index contributed by atoms with van der Waals surface area (Å²) in [5.41, 5.74) is 2.12. The molecule has 1 N–H and O–H groups in total. The molecule has 1 amide bonds. The number of methoxy groups -OCH3 is 2. The highest BCUT2D eigenvalue weighted by Gasteiger charge is 2.40.